The molecule has 0 fully saturated rings. The number of carboxylic acids is 1. The average Bonchev–Trinajstić information content (AvgIpc) is 3.12. The third kappa shape index (κ3) is 35.3. The highest BCUT2D eigenvalue weighted by Crippen LogP contribution is 2.13. The molecule has 8 nitrogen and oxygen atoms in total. The highest BCUT2D eigenvalue weighted by atomic mass is 16.6. The van der Waals surface area contributed by atoms with Crippen LogP contribution < -0.4 is 0 Å². The highest BCUT2D eigenvalue weighted by Gasteiger charge is 2.31. The zero-order chi connectivity index (χ0) is 40.0. The van der Waals surface area contributed by atoms with Crippen molar-refractivity contribution >= 4 is 17.9 Å². The Labute approximate surface area is 332 Å². The number of nitrogens with zero attached hydrogens (tertiary/aromatic N) is 1. The van der Waals surface area contributed by atoms with Gasteiger partial charge in [-0.15, -0.1) is 0 Å². The van der Waals surface area contributed by atoms with Crippen LogP contribution in [0.4, 0.5) is 0 Å². The van der Waals surface area contributed by atoms with Crippen molar-refractivity contribution in [3.8, 4) is 0 Å². The van der Waals surface area contributed by atoms with Crippen LogP contribution in [-0.4, -0.2) is 80.6 Å². The zero-order valence-corrected chi connectivity index (χ0v) is 35.7. The monoisotopic (exact) mass is 763 g/mol. The first-order chi connectivity index (χ1) is 26.1. The van der Waals surface area contributed by atoms with Gasteiger partial charge in [-0.05, 0) is 57.8 Å². The van der Waals surface area contributed by atoms with Gasteiger partial charge in [0, 0.05) is 19.3 Å². The number of carbonyl (C=O) groups excluding carboxylic acids is 2. The second kappa shape index (κ2) is 37.5. The van der Waals surface area contributed by atoms with Crippen LogP contribution in [0, 0.1) is 0 Å². The quantitative estimate of drug-likeness (QED) is 0.0288. The molecule has 0 aromatic rings. The predicted molar refractivity (Wildman–Crippen MR) is 225 cm³/mol. The van der Waals surface area contributed by atoms with E-state index in [1.807, 2.05) is 27.2 Å². The van der Waals surface area contributed by atoms with Crippen LogP contribution in [-0.2, 0) is 28.6 Å². The smallest absolute Gasteiger partial charge is 0.362 e. The molecule has 0 saturated carbocycles. The van der Waals surface area contributed by atoms with Crippen LogP contribution in [0.25, 0.3) is 0 Å². The molecule has 0 rings (SSSR count). The molecule has 0 amide bonds. The van der Waals surface area contributed by atoms with E-state index >= 15 is 0 Å². The highest BCUT2D eigenvalue weighted by molar-refractivity contribution is 5.72. The number of esters is 2. The van der Waals surface area contributed by atoms with Crippen molar-refractivity contribution < 1.29 is 38.2 Å². The molecule has 1 N–H and O–H groups in total. The Morgan fingerprint density at radius 2 is 1.02 bits per heavy atom. The van der Waals surface area contributed by atoms with Crippen molar-refractivity contribution in [2.45, 2.75) is 199 Å². The number of hydrogen-bond donors (Lipinski definition) is 1. The molecule has 314 valence electrons. The number of carboxylic acid groups (broad SMARTS) is 1. The van der Waals surface area contributed by atoms with E-state index in [1.165, 1.54) is 116 Å². The molecule has 2 atom stereocenters. The van der Waals surface area contributed by atoms with Crippen molar-refractivity contribution in [1.29, 1.82) is 0 Å². The van der Waals surface area contributed by atoms with Crippen LogP contribution in [0.15, 0.2) is 36.5 Å². The molecule has 0 aliphatic rings. The number of quaternary nitrogens is 1. The average molecular weight is 763 g/mol. The number of likely N-dealkylation sites (N-methyl/N-ethyl adjacent to an activating group) is 1. The van der Waals surface area contributed by atoms with Gasteiger partial charge in [0.05, 0.1) is 34.4 Å². The van der Waals surface area contributed by atoms with E-state index in [2.05, 4.69) is 44.2 Å². The van der Waals surface area contributed by atoms with Gasteiger partial charge in [0.15, 0.2) is 12.1 Å². The topological polar surface area (TPSA) is 99.1 Å². The maximum absolute atomic E-state index is 12.7. The normalized spacial score (nSPS) is 13.3. The van der Waals surface area contributed by atoms with Gasteiger partial charge < -0.3 is 23.8 Å². The van der Waals surface area contributed by atoms with Gasteiger partial charge in [0.2, 0.25) is 0 Å². The first-order valence-corrected chi connectivity index (χ1v) is 22.0. The fraction of sp³-hybridized carbons (Fsp3) is 0.804. The van der Waals surface area contributed by atoms with E-state index in [-0.39, 0.29) is 42.7 Å². The molecule has 0 aromatic heterocycles. The first kappa shape index (κ1) is 51.5. The molecule has 2 unspecified atom stereocenters. The summed E-state index contributed by atoms with van der Waals surface area (Å²) in [6, 6.07) is -0.622. The summed E-state index contributed by atoms with van der Waals surface area (Å²) in [6.45, 7) is 4.66. The lowest BCUT2D eigenvalue weighted by Gasteiger charge is -2.31. The number of unbranched alkanes of at least 4 members (excludes halogenated alkanes) is 19. The van der Waals surface area contributed by atoms with Crippen molar-refractivity contribution in [3.63, 3.8) is 0 Å². The number of carbonyl (C=O) groups is 3. The predicted octanol–water partition coefficient (Wildman–Crippen LogP) is 11.9. The third-order valence-electron chi connectivity index (χ3n) is 9.78. The second-order valence-corrected chi connectivity index (χ2v) is 15.9. The standard InChI is InChI=1S/C46H83NO7/c1-6-8-10-12-14-16-18-20-21-22-23-25-26-28-30-32-34-36-44(48)53-41-42(40-52-39-38-43(46(50)51)47(3,4)5)54-45(49)37-35-33-31-29-27-24-19-17-15-13-11-9-7-2/h20-21,24,27,31,33,42-43H,6-19,22-23,25-26,28-30,32,34-41H2,1-5H3/p+1/b21-20+,27-24+,33-31+. The van der Waals surface area contributed by atoms with Gasteiger partial charge in [0.1, 0.15) is 6.61 Å². The number of hydrogen-bond acceptors (Lipinski definition) is 6. The summed E-state index contributed by atoms with van der Waals surface area (Å²) >= 11 is 0. The summed E-state index contributed by atoms with van der Waals surface area (Å²) in [5.41, 5.74) is 0. The number of ether oxygens (including phenoxy) is 3. The van der Waals surface area contributed by atoms with E-state index in [0.29, 0.717) is 19.3 Å². The van der Waals surface area contributed by atoms with Gasteiger partial charge in [-0.25, -0.2) is 4.79 Å². The molecule has 0 aliphatic carbocycles. The van der Waals surface area contributed by atoms with Crippen molar-refractivity contribution in [3.05, 3.63) is 36.5 Å². The minimum Gasteiger partial charge on any atom is -0.477 e. The van der Waals surface area contributed by atoms with Crippen molar-refractivity contribution in [1.82, 2.24) is 0 Å². The molecule has 0 radical (unpaired) electrons. The summed E-state index contributed by atoms with van der Waals surface area (Å²) < 4.78 is 17.2. The minimum atomic E-state index is -0.883. The van der Waals surface area contributed by atoms with Gasteiger partial charge >= 0.3 is 17.9 Å². The molecular formula is C46H84NO7+. The van der Waals surface area contributed by atoms with E-state index in [4.69, 9.17) is 14.2 Å². The van der Waals surface area contributed by atoms with Gasteiger partial charge in [-0.1, -0.05) is 147 Å². The maximum Gasteiger partial charge on any atom is 0.362 e. The van der Waals surface area contributed by atoms with E-state index in [1.54, 1.807) is 0 Å². The Hall–Kier alpha value is -2.45. The molecular weight excluding hydrogens is 679 g/mol. The lowest BCUT2D eigenvalue weighted by molar-refractivity contribution is -0.887. The molecule has 8 heteroatoms. The van der Waals surface area contributed by atoms with Crippen molar-refractivity contribution in [2.24, 2.45) is 0 Å². The van der Waals surface area contributed by atoms with Crippen LogP contribution in [0.2, 0.25) is 0 Å². The number of aliphatic carboxylic acids is 1. The maximum atomic E-state index is 12.7. The fourth-order valence-electron chi connectivity index (χ4n) is 6.31. The number of rotatable bonds is 39. The summed E-state index contributed by atoms with van der Waals surface area (Å²) in [5, 5.41) is 9.61. The minimum absolute atomic E-state index is 0.0383. The molecule has 0 saturated heterocycles. The lowest BCUT2D eigenvalue weighted by atomic mass is 10.1. The van der Waals surface area contributed by atoms with Crippen molar-refractivity contribution in [2.75, 3.05) is 41.0 Å². The summed E-state index contributed by atoms with van der Waals surface area (Å²) in [5.74, 6) is -1.56. The van der Waals surface area contributed by atoms with Crippen LogP contribution in [0.5, 0.6) is 0 Å². The fourth-order valence-corrected chi connectivity index (χ4v) is 6.31. The third-order valence-corrected chi connectivity index (χ3v) is 9.78. The molecule has 0 aromatic carbocycles. The Kier molecular flexibility index (Phi) is 35.8. The molecule has 0 aliphatic heterocycles. The van der Waals surface area contributed by atoms with E-state index < -0.39 is 18.1 Å². The summed E-state index contributed by atoms with van der Waals surface area (Å²) in [6.07, 6.45) is 42.0. The molecule has 0 bridgehead atoms. The Balaban J connectivity index is 4.39. The van der Waals surface area contributed by atoms with E-state index in [0.717, 1.165) is 32.1 Å². The summed E-state index contributed by atoms with van der Waals surface area (Å²) in [4.78, 5) is 36.9. The second-order valence-electron chi connectivity index (χ2n) is 15.9. The number of allylic oxidation sites excluding steroid dienone is 6. The lowest BCUT2D eigenvalue weighted by Crippen LogP contribution is -2.50. The van der Waals surface area contributed by atoms with Gasteiger partial charge in [-0.3, -0.25) is 9.59 Å². The Morgan fingerprint density at radius 1 is 0.556 bits per heavy atom. The van der Waals surface area contributed by atoms with Gasteiger partial charge in [0.25, 0.3) is 0 Å². The summed E-state index contributed by atoms with van der Waals surface area (Å²) in [7, 11) is 5.51. The first-order valence-electron chi connectivity index (χ1n) is 22.0. The van der Waals surface area contributed by atoms with Crippen LogP contribution in [0.1, 0.15) is 187 Å². The van der Waals surface area contributed by atoms with E-state index in [9.17, 15) is 19.5 Å². The zero-order valence-electron chi connectivity index (χ0n) is 35.7. The SMILES string of the molecule is CCCCCCCC/C=C/C/C=C/CCC(=O)OC(COCCC(C(=O)O)[N+](C)(C)C)COC(=O)CCCCCCCCC/C=C/CCCCCCCC. The van der Waals surface area contributed by atoms with Gasteiger partial charge in [-0.2, -0.15) is 0 Å². The Bertz CT molecular complexity index is 984. The molecule has 54 heavy (non-hydrogen) atoms. The van der Waals surface area contributed by atoms with Crippen LogP contribution >= 0.6 is 0 Å². The van der Waals surface area contributed by atoms with Crippen LogP contribution in [0.3, 0.4) is 0 Å². The Morgan fingerprint density at radius 3 is 1.52 bits per heavy atom. The largest absolute Gasteiger partial charge is 0.477 e. The molecule has 0 heterocycles. The molecule has 0 spiro atoms.